The van der Waals surface area contributed by atoms with Crippen molar-refractivity contribution in [1.29, 1.82) is 0 Å². The minimum Gasteiger partial charge on any atom is -0.402 e. The molecule has 0 bridgehead atoms. The summed E-state index contributed by atoms with van der Waals surface area (Å²) < 4.78 is 0. The Hall–Kier alpha value is -3.21. The van der Waals surface area contributed by atoms with Gasteiger partial charge in [0.25, 0.3) is 0 Å². The highest BCUT2D eigenvalue weighted by molar-refractivity contribution is 6.14. The van der Waals surface area contributed by atoms with Crippen LogP contribution >= 0.6 is 0 Å². The molecule has 2 aliphatic heterocycles. The maximum absolute atomic E-state index is 14.2. The molecule has 5 rings (SSSR count). The second-order valence-corrected chi connectivity index (χ2v) is 9.54. The molecule has 1 saturated heterocycles. The Morgan fingerprint density at radius 3 is 1.91 bits per heavy atom. The molecule has 1 atom stereocenters. The maximum atomic E-state index is 14.2. The van der Waals surface area contributed by atoms with Crippen LogP contribution in [-0.4, -0.2) is 21.9 Å². The van der Waals surface area contributed by atoms with Gasteiger partial charge in [-0.1, -0.05) is 91.0 Å². The monoisotopic (exact) mass is 424 g/mol. The Kier molecular flexibility index (Phi) is 4.63. The van der Waals surface area contributed by atoms with Gasteiger partial charge in [-0.2, -0.15) is 0 Å². The van der Waals surface area contributed by atoms with Gasteiger partial charge in [-0.3, -0.25) is 10.1 Å². The second kappa shape index (κ2) is 7.16. The summed E-state index contributed by atoms with van der Waals surface area (Å²) in [6.07, 6.45) is 0. The average Bonchev–Trinajstić information content (AvgIpc) is 3.23. The SMILES string of the molecule is CC1(C)NC2(c3ccccc3)C(C(=O)c3ccccc3)=C(c3ccccc3)ON2C1(C)C. The molecule has 3 aromatic carbocycles. The van der Waals surface area contributed by atoms with E-state index in [0.29, 0.717) is 16.9 Å². The van der Waals surface area contributed by atoms with Crippen molar-refractivity contribution >= 4 is 11.5 Å². The summed E-state index contributed by atoms with van der Waals surface area (Å²) in [6, 6.07) is 29.5. The number of rotatable bonds is 4. The summed E-state index contributed by atoms with van der Waals surface area (Å²) in [5.41, 5.74) is 1.43. The van der Waals surface area contributed by atoms with E-state index in [-0.39, 0.29) is 11.3 Å². The van der Waals surface area contributed by atoms with E-state index < -0.39 is 11.2 Å². The van der Waals surface area contributed by atoms with Crippen molar-refractivity contribution in [1.82, 2.24) is 10.4 Å². The van der Waals surface area contributed by atoms with Crippen LogP contribution in [0.15, 0.2) is 96.6 Å². The number of carbonyl (C=O) groups is 1. The molecule has 2 heterocycles. The number of nitrogens with one attached hydrogen (secondary N) is 1. The van der Waals surface area contributed by atoms with E-state index in [0.717, 1.165) is 11.1 Å². The van der Waals surface area contributed by atoms with Crippen LogP contribution < -0.4 is 5.32 Å². The third kappa shape index (κ3) is 2.80. The quantitative estimate of drug-likeness (QED) is 0.558. The number of hydrogen-bond acceptors (Lipinski definition) is 4. The van der Waals surface area contributed by atoms with Crippen molar-refractivity contribution < 1.29 is 9.63 Å². The fourth-order valence-corrected chi connectivity index (χ4v) is 4.78. The van der Waals surface area contributed by atoms with Crippen molar-refractivity contribution in [2.45, 2.75) is 44.4 Å². The van der Waals surface area contributed by atoms with Gasteiger partial charge in [0.15, 0.2) is 17.2 Å². The highest BCUT2D eigenvalue weighted by atomic mass is 16.7. The van der Waals surface area contributed by atoms with Crippen molar-refractivity contribution in [3.05, 3.63) is 113 Å². The summed E-state index contributed by atoms with van der Waals surface area (Å²) in [6.45, 7) is 8.63. The molecule has 1 unspecified atom stereocenters. The standard InChI is InChI=1S/C28H28N2O2/c1-26(2)27(3,4)30-28(29-26,22-18-12-7-13-19-22)23(24(31)20-14-8-5-9-15-20)25(32-30)21-16-10-6-11-17-21/h5-19,29H,1-4H3. The zero-order valence-corrected chi connectivity index (χ0v) is 18.9. The molecule has 2 aliphatic rings. The third-order valence-corrected chi connectivity index (χ3v) is 7.10. The first-order valence-corrected chi connectivity index (χ1v) is 11.0. The molecule has 4 nitrogen and oxygen atoms in total. The van der Waals surface area contributed by atoms with Crippen LogP contribution in [0.2, 0.25) is 0 Å². The van der Waals surface area contributed by atoms with Gasteiger partial charge in [0.05, 0.1) is 11.1 Å². The van der Waals surface area contributed by atoms with E-state index >= 15 is 0 Å². The van der Waals surface area contributed by atoms with Crippen LogP contribution in [0.4, 0.5) is 0 Å². The molecular formula is C28H28N2O2. The smallest absolute Gasteiger partial charge is 0.196 e. The molecule has 162 valence electrons. The van der Waals surface area contributed by atoms with Crippen molar-refractivity contribution in [2.24, 2.45) is 0 Å². The van der Waals surface area contributed by atoms with Crippen molar-refractivity contribution in [3.8, 4) is 0 Å². The lowest BCUT2D eigenvalue weighted by atomic mass is 9.84. The minimum absolute atomic E-state index is 0.0446. The van der Waals surface area contributed by atoms with E-state index in [9.17, 15) is 4.79 Å². The maximum Gasteiger partial charge on any atom is 0.196 e. The fraction of sp³-hybridized carbons (Fsp3) is 0.250. The lowest BCUT2D eigenvalue weighted by molar-refractivity contribution is -0.177. The van der Waals surface area contributed by atoms with Gasteiger partial charge in [0, 0.05) is 16.7 Å². The topological polar surface area (TPSA) is 41.6 Å². The van der Waals surface area contributed by atoms with Gasteiger partial charge in [0.1, 0.15) is 0 Å². The number of carbonyl (C=O) groups excluding carboxylic acids is 1. The van der Waals surface area contributed by atoms with Gasteiger partial charge in [0.2, 0.25) is 0 Å². The van der Waals surface area contributed by atoms with Gasteiger partial charge < -0.3 is 4.84 Å². The number of nitrogens with zero attached hydrogens (tertiary/aromatic N) is 1. The highest BCUT2D eigenvalue weighted by Crippen LogP contribution is 2.56. The van der Waals surface area contributed by atoms with Gasteiger partial charge in [-0.15, -0.1) is 5.06 Å². The number of hydrogen-bond donors (Lipinski definition) is 1. The lowest BCUT2D eigenvalue weighted by Gasteiger charge is -2.39. The Morgan fingerprint density at radius 1 is 0.781 bits per heavy atom. The number of ketones is 1. The number of benzene rings is 3. The van der Waals surface area contributed by atoms with E-state index in [2.05, 4.69) is 45.1 Å². The second-order valence-electron chi connectivity index (χ2n) is 9.54. The lowest BCUT2D eigenvalue weighted by Crippen LogP contribution is -2.52. The summed E-state index contributed by atoms with van der Waals surface area (Å²) in [7, 11) is 0. The molecular weight excluding hydrogens is 396 g/mol. The predicted molar refractivity (Wildman–Crippen MR) is 126 cm³/mol. The molecule has 1 fully saturated rings. The predicted octanol–water partition coefficient (Wildman–Crippen LogP) is 5.54. The molecule has 0 aliphatic carbocycles. The molecule has 1 N–H and O–H groups in total. The molecule has 0 amide bonds. The van der Waals surface area contributed by atoms with Gasteiger partial charge in [-0.05, 0) is 33.3 Å². The van der Waals surface area contributed by atoms with Gasteiger partial charge >= 0.3 is 0 Å². The Labute approximate surface area is 189 Å². The van der Waals surface area contributed by atoms with E-state index in [1.54, 1.807) is 0 Å². The van der Waals surface area contributed by atoms with Crippen LogP contribution in [0.1, 0.15) is 49.2 Å². The van der Waals surface area contributed by atoms with Crippen LogP contribution in [0, 0.1) is 0 Å². The van der Waals surface area contributed by atoms with E-state index in [4.69, 9.17) is 4.84 Å². The Bertz CT molecular complexity index is 1180. The first kappa shape index (κ1) is 20.7. The number of hydroxylamine groups is 2. The number of Topliss-reactive ketones (excluding diaryl/α,β-unsaturated/α-hetero) is 1. The average molecular weight is 425 g/mol. The normalized spacial score (nSPS) is 23.6. The zero-order chi connectivity index (χ0) is 22.6. The highest BCUT2D eigenvalue weighted by Gasteiger charge is 2.68. The Morgan fingerprint density at radius 2 is 1.31 bits per heavy atom. The summed E-state index contributed by atoms with van der Waals surface area (Å²) in [5.74, 6) is 0.552. The van der Waals surface area contributed by atoms with Crippen molar-refractivity contribution in [2.75, 3.05) is 0 Å². The molecule has 0 radical (unpaired) electrons. The first-order valence-electron chi connectivity index (χ1n) is 11.0. The fourth-order valence-electron chi connectivity index (χ4n) is 4.78. The van der Waals surface area contributed by atoms with E-state index in [1.807, 2.05) is 83.9 Å². The molecule has 0 aromatic heterocycles. The third-order valence-electron chi connectivity index (χ3n) is 7.10. The van der Waals surface area contributed by atoms with Gasteiger partial charge in [-0.25, -0.2) is 0 Å². The van der Waals surface area contributed by atoms with Crippen molar-refractivity contribution in [3.63, 3.8) is 0 Å². The molecule has 0 saturated carbocycles. The number of fused-ring (bicyclic) bond motifs is 1. The first-order chi connectivity index (χ1) is 15.3. The van der Waals surface area contributed by atoms with E-state index in [1.165, 1.54) is 0 Å². The molecule has 0 spiro atoms. The minimum atomic E-state index is -0.924. The van der Waals surface area contributed by atoms with Crippen LogP contribution in [0.3, 0.4) is 0 Å². The van der Waals surface area contributed by atoms with Crippen LogP contribution in [0.25, 0.3) is 5.76 Å². The summed E-state index contributed by atoms with van der Waals surface area (Å²) >= 11 is 0. The van der Waals surface area contributed by atoms with Crippen LogP contribution in [-0.2, 0) is 10.5 Å². The Balaban J connectivity index is 1.84. The molecule has 32 heavy (non-hydrogen) atoms. The summed E-state index contributed by atoms with van der Waals surface area (Å²) in [5, 5.41) is 5.83. The molecule has 3 aromatic rings. The summed E-state index contributed by atoms with van der Waals surface area (Å²) in [4.78, 5) is 20.8. The molecule has 4 heteroatoms. The van der Waals surface area contributed by atoms with Crippen LogP contribution in [0.5, 0.6) is 0 Å². The zero-order valence-electron chi connectivity index (χ0n) is 18.9. The largest absolute Gasteiger partial charge is 0.402 e.